The predicted octanol–water partition coefficient (Wildman–Crippen LogP) is 3.29. The third kappa shape index (κ3) is 4.88. The molecule has 9 nitrogen and oxygen atoms in total. The molecule has 1 aliphatic heterocycles. The van der Waals surface area contributed by atoms with Crippen molar-refractivity contribution in [2.24, 2.45) is 0 Å². The SMILES string of the molecule is COc1cc(NC(=O)c2ccco2)c(C(=O)OCC(=O)N2CCc3ccccc3C2)cc1OC. The molecule has 9 heteroatoms. The number of hydrogen-bond acceptors (Lipinski definition) is 7. The zero-order valence-electron chi connectivity index (χ0n) is 18.8. The Morgan fingerprint density at radius 3 is 2.44 bits per heavy atom. The summed E-state index contributed by atoms with van der Waals surface area (Å²) in [6.45, 7) is 0.586. The van der Waals surface area contributed by atoms with Gasteiger partial charge in [0.15, 0.2) is 23.9 Å². The Bertz CT molecular complexity index is 1200. The summed E-state index contributed by atoms with van der Waals surface area (Å²) >= 11 is 0. The van der Waals surface area contributed by atoms with E-state index in [1.807, 2.05) is 24.3 Å². The van der Waals surface area contributed by atoms with Gasteiger partial charge in [-0.3, -0.25) is 9.59 Å². The van der Waals surface area contributed by atoms with Crippen molar-refractivity contribution in [3.63, 3.8) is 0 Å². The van der Waals surface area contributed by atoms with Crippen LogP contribution in [0.2, 0.25) is 0 Å². The molecule has 0 unspecified atom stereocenters. The average molecular weight is 464 g/mol. The van der Waals surface area contributed by atoms with Gasteiger partial charge in [0.1, 0.15) is 0 Å². The van der Waals surface area contributed by atoms with Crippen molar-refractivity contribution >= 4 is 23.5 Å². The first-order valence-corrected chi connectivity index (χ1v) is 10.6. The molecule has 0 fully saturated rings. The number of furan rings is 1. The minimum atomic E-state index is -0.790. The number of hydrogen-bond donors (Lipinski definition) is 1. The zero-order chi connectivity index (χ0) is 24.1. The van der Waals surface area contributed by atoms with Gasteiger partial charge >= 0.3 is 5.97 Å². The topological polar surface area (TPSA) is 107 Å². The highest BCUT2D eigenvalue weighted by Crippen LogP contribution is 2.34. The maximum Gasteiger partial charge on any atom is 0.340 e. The maximum atomic E-state index is 12.9. The molecule has 176 valence electrons. The average Bonchev–Trinajstić information content (AvgIpc) is 3.41. The molecule has 0 bridgehead atoms. The Labute approximate surface area is 196 Å². The number of esters is 1. The molecule has 1 aromatic heterocycles. The number of fused-ring (bicyclic) bond motifs is 1. The Morgan fingerprint density at radius 2 is 1.74 bits per heavy atom. The Morgan fingerprint density at radius 1 is 1.00 bits per heavy atom. The van der Waals surface area contributed by atoms with Crippen LogP contribution in [0.25, 0.3) is 0 Å². The van der Waals surface area contributed by atoms with Crippen LogP contribution < -0.4 is 14.8 Å². The molecule has 0 saturated carbocycles. The van der Waals surface area contributed by atoms with Crippen molar-refractivity contribution in [2.45, 2.75) is 13.0 Å². The monoisotopic (exact) mass is 464 g/mol. The van der Waals surface area contributed by atoms with E-state index >= 15 is 0 Å². The largest absolute Gasteiger partial charge is 0.493 e. The molecule has 4 rings (SSSR count). The van der Waals surface area contributed by atoms with Gasteiger partial charge in [-0.15, -0.1) is 0 Å². The third-order valence-corrected chi connectivity index (χ3v) is 5.55. The van der Waals surface area contributed by atoms with Crippen LogP contribution in [-0.2, 0) is 22.5 Å². The van der Waals surface area contributed by atoms with E-state index in [4.69, 9.17) is 18.6 Å². The van der Waals surface area contributed by atoms with Crippen LogP contribution in [0.5, 0.6) is 11.5 Å². The van der Waals surface area contributed by atoms with Gasteiger partial charge in [0.2, 0.25) is 0 Å². The van der Waals surface area contributed by atoms with Gasteiger partial charge in [0.05, 0.1) is 31.7 Å². The van der Waals surface area contributed by atoms with E-state index in [1.165, 1.54) is 44.2 Å². The lowest BCUT2D eigenvalue weighted by Crippen LogP contribution is -2.38. The van der Waals surface area contributed by atoms with Crippen LogP contribution in [0.15, 0.2) is 59.2 Å². The number of ether oxygens (including phenoxy) is 3. The lowest BCUT2D eigenvalue weighted by atomic mass is 10.00. The number of amides is 2. The molecule has 0 radical (unpaired) electrons. The van der Waals surface area contributed by atoms with E-state index in [0.717, 1.165) is 12.0 Å². The first-order chi connectivity index (χ1) is 16.5. The highest BCUT2D eigenvalue weighted by Gasteiger charge is 2.24. The van der Waals surface area contributed by atoms with Crippen LogP contribution >= 0.6 is 0 Å². The van der Waals surface area contributed by atoms with E-state index in [2.05, 4.69) is 5.32 Å². The molecule has 2 heterocycles. The molecule has 1 aliphatic rings. The van der Waals surface area contributed by atoms with Crippen LogP contribution in [0.4, 0.5) is 5.69 Å². The number of benzene rings is 2. The molecule has 34 heavy (non-hydrogen) atoms. The molecule has 2 amide bonds. The zero-order valence-corrected chi connectivity index (χ0v) is 18.8. The number of carbonyl (C=O) groups is 3. The van der Waals surface area contributed by atoms with Crippen LogP contribution in [0.1, 0.15) is 32.0 Å². The summed E-state index contributed by atoms with van der Waals surface area (Å²) in [5.74, 6) is -1.02. The summed E-state index contributed by atoms with van der Waals surface area (Å²) in [4.78, 5) is 39.8. The fourth-order valence-electron chi connectivity index (χ4n) is 3.75. The summed E-state index contributed by atoms with van der Waals surface area (Å²) in [7, 11) is 2.86. The van der Waals surface area contributed by atoms with Crippen LogP contribution in [-0.4, -0.2) is 50.1 Å². The Kier molecular flexibility index (Phi) is 6.82. The fourth-order valence-corrected chi connectivity index (χ4v) is 3.75. The van der Waals surface area contributed by atoms with E-state index in [1.54, 1.807) is 11.0 Å². The smallest absolute Gasteiger partial charge is 0.340 e. The van der Waals surface area contributed by atoms with Gasteiger partial charge in [0.25, 0.3) is 11.8 Å². The molecule has 3 aromatic rings. The van der Waals surface area contributed by atoms with Crippen molar-refractivity contribution in [1.29, 1.82) is 0 Å². The van der Waals surface area contributed by atoms with Crippen LogP contribution in [0, 0.1) is 0 Å². The molecule has 0 atom stereocenters. The second kappa shape index (κ2) is 10.1. The Hall–Kier alpha value is -4.27. The third-order valence-electron chi connectivity index (χ3n) is 5.55. The second-order valence-corrected chi connectivity index (χ2v) is 7.59. The van der Waals surface area contributed by atoms with Crippen molar-refractivity contribution in [3.8, 4) is 11.5 Å². The highest BCUT2D eigenvalue weighted by molar-refractivity contribution is 6.07. The molecule has 0 spiro atoms. The predicted molar refractivity (Wildman–Crippen MR) is 122 cm³/mol. The summed E-state index contributed by atoms with van der Waals surface area (Å²) in [5, 5.41) is 2.62. The summed E-state index contributed by atoms with van der Waals surface area (Å²) in [6, 6.07) is 13.8. The van der Waals surface area contributed by atoms with E-state index in [9.17, 15) is 14.4 Å². The first-order valence-electron chi connectivity index (χ1n) is 10.6. The van der Waals surface area contributed by atoms with E-state index in [-0.39, 0.29) is 28.7 Å². The van der Waals surface area contributed by atoms with Crippen molar-refractivity contribution in [1.82, 2.24) is 4.90 Å². The first kappa shape index (κ1) is 22.9. The minimum absolute atomic E-state index is 0.00865. The number of rotatable bonds is 7. The number of methoxy groups -OCH3 is 2. The normalized spacial score (nSPS) is 12.5. The Balaban J connectivity index is 1.49. The standard InChI is InChI=1S/C25H24N2O7/c1-31-21-12-18(19(13-22(21)32-2)26-24(29)20-8-5-11-33-20)25(30)34-15-23(28)27-10-9-16-6-3-4-7-17(16)14-27/h3-8,11-13H,9-10,14-15H2,1-2H3,(H,26,29). The van der Waals surface area contributed by atoms with Crippen LogP contribution in [0.3, 0.4) is 0 Å². The van der Waals surface area contributed by atoms with Gasteiger partial charge in [-0.25, -0.2) is 4.79 Å². The number of anilines is 1. The van der Waals surface area contributed by atoms with E-state index < -0.39 is 18.5 Å². The van der Waals surface area contributed by atoms with Gasteiger partial charge < -0.3 is 28.8 Å². The van der Waals surface area contributed by atoms with Gasteiger partial charge in [-0.05, 0) is 29.7 Å². The fraction of sp³-hybridized carbons (Fsp3) is 0.240. The van der Waals surface area contributed by atoms with Gasteiger partial charge in [0, 0.05) is 25.2 Å². The summed E-state index contributed by atoms with van der Waals surface area (Å²) in [6.07, 6.45) is 2.11. The van der Waals surface area contributed by atoms with Crippen molar-refractivity contribution < 1.29 is 33.0 Å². The number of nitrogens with zero attached hydrogens (tertiary/aromatic N) is 1. The quantitative estimate of drug-likeness (QED) is 0.535. The molecular weight excluding hydrogens is 440 g/mol. The molecule has 0 saturated heterocycles. The summed E-state index contributed by atoms with van der Waals surface area (Å²) in [5.41, 5.74) is 2.43. The van der Waals surface area contributed by atoms with E-state index in [0.29, 0.717) is 18.8 Å². The molecule has 0 aliphatic carbocycles. The molecule has 1 N–H and O–H groups in total. The van der Waals surface area contributed by atoms with Crippen molar-refractivity contribution in [2.75, 3.05) is 32.7 Å². The minimum Gasteiger partial charge on any atom is -0.493 e. The van der Waals surface area contributed by atoms with Gasteiger partial charge in [-0.2, -0.15) is 0 Å². The van der Waals surface area contributed by atoms with Gasteiger partial charge in [-0.1, -0.05) is 24.3 Å². The maximum absolute atomic E-state index is 12.9. The number of nitrogens with one attached hydrogen (secondary N) is 1. The number of carbonyl (C=O) groups excluding carboxylic acids is 3. The highest BCUT2D eigenvalue weighted by atomic mass is 16.5. The lowest BCUT2D eigenvalue weighted by Gasteiger charge is -2.28. The summed E-state index contributed by atoms with van der Waals surface area (Å²) < 4.78 is 21.0. The second-order valence-electron chi connectivity index (χ2n) is 7.59. The van der Waals surface area contributed by atoms with Crippen molar-refractivity contribution in [3.05, 3.63) is 77.2 Å². The lowest BCUT2D eigenvalue weighted by molar-refractivity contribution is -0.135. The molecular formula is C25H24N2O7. The molecule has 2 aromatic carbocycles.